The minimum atomic E-state index is -0.0125. The van der Waals surface area contributed by atoms with Gasteiger partial charge in [0.25, 0.3) is 0 Å². The molecule has 0 aliphatic carbocycles. The molecule has 0 aromatic carbocycles. The molecule has 1 N–H and O–H groups in total. The highest BCUT2D eigenvalue weighted by Crippen LogP contribution is 2.22. The summed E-state index contributed by atoms with van der Waals surface area (Å²) in [7, 11) is 0. The van der Waals surface area contributed by atoms with Gasteiger partial charge in [0, 0.05) is 19.7 Å². The second kappa shape index (κ2) is 5.32. The normalized spacial score (nSPS) is 26.5. The smallest absolute Gasteiger partial charge is 0.228 e. The van der Waals surface area contributed by atoms with Gasteiger partial charge in [0.1, 0.15) is 0 Å². The number of ether oxygens (including phenoxy) is 1. The molecule has 0 aromatic rings. The van der Waals surface area contributed by atoms with Gasteiger partial charge in [-0.2, -0.15) is 0 Å². The Kier molecular flexibility index (Phi) is 4.35. The molecule has 1 aliphatic heterocycles. The fraction of sp³-hybridized carbons (Fsp3) is 0.900. The maximum absolute atomic E-state index is 11.9. The first-order chi connectivity index (χ1) is 6.70. The first kappa shape index (κ1) is 11.5. The van der Waals surface area contributed by atoms with Gasteiger partial charge in [-0.1, -0.05) is 0 Å². The summed E-state index contributed by atoms with van der Waals surface area (Å²) >= 11 is 0. The van der Waals surface area contributed by atoms with Gasteiger partial charge in [0.2, 0.25) is 5.91 Å². The zero-order chi connectivity index (χ0) is 10.6. The van der Waals surface area contributed by atoms with Crippen LogP contribution in [0.4, 0.5) is 0 Å². The minimum Gasteiger partial charge on any atom is -0.395 e. The van der Waals surface area contributed by atoms with Crippen LogP contribution in [0.3, 0.4) is 0 Å². The van der Waals surface area contributed by atoms with Gasteiger partial charge in [-0.25, -0.2) is 0 Å². The molecule has 2 atom stereocenters. The van der Waals surface area contributed by atoms with Crippen molar-refractivity contribution in [2.45, 2.75) is 26.4 Å². The van der Waals surface area contributed by atoms with E-state index in [1.165, 1.54) is 0 Å². The van der Waals surface area contributed by atoms with E-state index in [0.29, 0.717) is 19.7 Å². The predicted molar refractivity (Wildman–Crippen MR) is 52.9 cm³/mol. The van der Waals surface area contributed by atoms with Crippen LogP contribution in [0.25, 0.3) is 0 Å². The van der Waals surface area contributed by atoms with Crippen molar-refractivity contribution in [1.82, 2.24) is 4.90 Å². The van der Waals surface area contributed by atoms with Crippen molar-refractivity contribution in [1.29, 1.82) is 0 Å². The van der Waals surface area contributed by atoms with Crippen LogP contribution in [0.5, 0.6) is 0 Å². The zero-order valence-electron chi connectivity index (χ0n) is 8.90. The topological polar surface area (TPSA) is 49.8 Å². The van der Waals surface area contributed by atoms with Crippen molar-refractivity contribution < 1.29 is 14.6 Å². The SMILES string of the molecule is CCN(CCO)C(=O)C1CCOC1C. The van der Waals surface area contributed by atoms with Gasteiger partial charge >= 0.3 is 0 Å². The monoisotopic (exact) mass is 201 g/mol. The molecule has 0 radical (unpaired) electrons. The fourth-order valence-electron chi connectivity index (χ4n) is 1.84. The molecular weight excluding hydrogens is 182 g/mol. The van der Waals surface area contributed by atoms with Gasteiger partial charge in [-0.3, -0.25) is 4.79 Å². The molecule has 4 nitrogen and oxygen atoms in total. The number of rotatable bonds is 4. The summed E-state index contributed by atoms with van der Waals surface area (Å²) in [5, 5.41) is 8.80. The van der Waals surface area contributed by atoms with Gasteiger partial charge in [-0.15, -0.1) is 0 Å². The molecule has 0 aromatic heterocycles. The molecule has 0 saturated carbocycles. The Bertz CT molecular complexity index is 196. The molecular formula is C10H19NO3. The Morgan fingerprint density at radius 3 is 2.79 bits per heavy atom. The van der Waals surface area contributed by atoms with Crippen LogP contribution in [-0.4, -0.2) is 48.3 Å². The molecule has 4 heteroatoms. The molecule has 1 heterocycles. The van der Waals surface area contributed by atoms with Crippen LogP contribution >= 0.6 is 0 Å². The molecule has 1 fully saturated rings. The highest BCUT2D eigenvalue weighted by Gasteiger charge is 2.33. The number of carbonyl (C=O) groups is 1. The average Bonchev–Trinajstić information content (AvgIpc) is 2.59. The molecule has 1 rings (SSSR count). The lowest BCUT2D eigenvalue weighted by Crippen LogP contribution is -2.40. The highest BCUT2D eigenvalue weighted by atomic mass is 16.5. The minimum absolute atomic E-state index is 0.0125. The van der Waals surface area contributed by atoms with Crippen LogP contribution in [-0.2, 0) is 9.53 Å². The van der Waals surface area contributed by atoms with E-state index in [1.807, 2.05) is 13.8 Å². The number of nitrogens with zero attached hydrogens (tertiary/aromatic N) is 1. The van der Waals surface area contributed by atoms with Crippen LogP contribution in [0.15, 0.2) is 0 Å². The van der Waals surface area contributed by atoms with Crippen molar-refractivity contribution in [2.24, 2.45) is 5.92 Å². The molecule has 0 bridgehead atoms. The van der Waals surface area contributed by atoms with Crippen LogP contribution in [0.1, 0.15) is 20.3 Å². The quantitative estimate of drug-likeness (QED) is 0.709. The summed E-state index contributed by atoms with van der Waals surface area (Å²) in [5.41, 5.74) is 0. The summed E-state index contributed by atoms with van der Waals surface area (Å²) in [5.74, 6) is 0.105. The number of carbonyl (C=O) groups excluding carboxylic acids is 1. The average molecular weight is 201 g/mol. The first-order valence-electron chi connectivity index (χ1n) is 5.22. The van der Waals surface area contributed by atoms with Gasteiger partial charge in [0.05, 0.1) is 18.6 Å². The Morgan fingerprint density at radius 2 is 2.36 bits per heavy atom. The summed E-state index contributed by atoms with van der Waals surface area (Å²) in [4.78, 5) is 13.6. The third-order valence-corrected chi connectivity index (χ3v) is 2.76. The molecule has 1 aliphatic rings. The van der Waals surface area contributed by atoms with Crippen molar-refractivity contribution >= 4 is 5.91 Å². The number of likely N-dealkylation sites (N-methyl/N-ethyl adjacent to an activating group) is 1. The maximum Gasteiger partial charge on any atom is 0.228 e. The second-order valence-corrected chi connectivity index (χ2v) is 3.61. The van der Waals surface area contributed by atoms with Crippen molar-refractivity contribution in [3.63, 3.8) is 0 Å². The highest BCUT2D eigenvalue weighted by molar-refractivity contribution is 5.79. The Morgan fingerprint density at radius 1 is 1.64 bits per heavy atom. The van der Waals surface area contributed by atoms with E-state index in [1.54, 1.807) is 4.90 Å². The summed E-state index contributed by atoms with van der Waals surface area (Å²) in [6, 6.07) is 0. The first-order valence-corrected chi connectivity index (χ1v) is 5.22. The predicted octanol–water partition coefficient (Wildman–Crippen LogP) is 0.252. The van der Waals surface area contributed by atoms with Gasteiger partial charge in [-0.05, 0) is 20.3 Å². The number of amides is 1. The van der Waals surface area contributed by atoms with Crippen LogP contribution in [0, 0.1) is 5.92 Å². The molecule has 14 heavy (non-hydrogen) atoms. The lowest BCUT2D eigenvalue weighted by Gasteiger charge is -2.24. The number of aliphatic hydroxyl groups is 1. The maximum atomic E-state index is 11.9. The molecule has 1 amide bonds. The Balaban J connectivity index is 2.52. The third kappa shape index (κ3) is 2.45. The standard InChI is InChI=1S/C10H19NO3/c1-3-11(5-6-12)10(13)9-4-7-14-8(9)2/h8-9,12H,3-7H2,1-2H3. The molecule has 82 valence electrons. The molecule has 0 spiro atoms. The van der Waals surface area contributed by atoms with E-state index in [2.05, 4.69) is 0 Å². The summed E-state index contributed by atoms with van der Waals surface area (Å²) in [6.45, 7) is 5.65. The van der Waals surface area contributed by atoms with E-state index in [-0.39, 0.29) is 24.5 Å². The van der Waals surface area contributed by atoms with E-state index >= 15 is 0 Å². The van der Waals surface area contributed by atoms with Crippen molar-refractivity contribution in [2.75, 3.05) is 26.3 Å². The molecule has 2 unspecified atom stereocenters. The van der Waals surface area contributed by atoms with Crippen molar-refractivity contribution in [3.8, 4) is 0 Å². The van der Waals surface area contributed by atoms with Crippen LogP contribution in [0.2, 0.25) is 0 Å². The number of hydrogen-bond donors (Lipinski definition) is 1. The van der Waals surface area contributed by atoms with E-state index in [9.17, 15) is 4.79 Å². The molecule has 1 saturated heterocycles. The summed E-state index contributed by atoms with van der Waals surface area (Å²) in [6.07, 6.45) is 0.831. The lowest BCUT2D eigenvalue weighted by atomic mass is 10.0. The van der Waals surface area contributed by atoms with E-state index < -0.39 is 0 Å². The lowest BCUT2D eigenvalue weighted by molar-refractivity contribution is -0.137. The van der Waals surface area contributed by atoms with Gasteiger partial charge in [0.15, 0.2) is 0 Å². The fourth-order valence-corrected chi connectivity index (χ4v) is 1.84. The van der Waals surface area contributed by atoms with Gasteiger partial charge < -0.3 is 14.7 Å². The second-order valence-electron chi connectivity index (χ2n) is 3.61. The number of hydrogen-bond acceptors (Lipinski definition) is 3. The largest absolute Gasteiger partial charge is 0.395 e. The Hall–Kier alpha value is -0.610. The third-order valence-electron chi connectivity index (χ3n) is 2.76. The number of aliphatic hydroxyl groups excluding tert-OH is 1. The van der Waals surface area contributed by atoms with E-state index in [4.69, 9.17) is 9.84 Å². The van der Waals surface area contributed by atoms with Crippen LogP contribution < -0.4 is 0 Å². The summed E-state index contributed by atoms with van der Waals surface area (Å²) < 4.78 is 5.35. The zero-order valence-corrected chi connectivity index (χ0v) is 8.90. The van der Waals surface area contributed by atoms with Crippen molar-refractivity contribution in [3.05, 3.63) is 0 Å². The van der Waals surface area contributed by atoms with E-state index in [0.717, 1.165) is 6.42 Å². The Labute approximate surface area is 84.8 Å².